The van der Waals surface area contributed by atoms with E-state index in [4.69, 9.17) is 9.94 Å². The molecule has 9 nitrogen and oxygen atoms in total. The summed E-state index contributed by atoms with van der Waals surface area (Å²) < 4.78 is 9.39. The van der Waals surface area contributed by atoms with Gasteiger partial charge in [0, 0.05) is 17.6 Å². The molecule has 0 radical (unpaired) electrons. The van der Waals surface area contributed by atoms with Crippen molar-refractivity contribution in [3.05, 3.63) is 10.1 Å². The van der Waals surface area contributed by atoms with Crippen LogP contribution in [0.3, 0.4) is 0 Å². The number of carbonyl (C=O) groups excluding carboxylic acids is 2. The van der Waals surface area contributed by atoms with Crippen LogP contribution >= 0.6 is 0 Å². The van der Waals surface area contributed by atoms with E-state index in [9.17, 15) is 19.7 Å². The predicted molar refractivity (Wildman–Crippen MR) is 83.0 cm³/mol. The molecule has 0 aliphatic heterocycles. The molecule has 0 aromatic carbocycles. The van der Waals surface area contributed by atoms with Crippen molar-refractivity contribution >= 4 is 18.2 Å². The maximum Gasteiger partial charge on any atom is 0.309 e. The van der Waals surface area contributed by atoms with Crippen molar-refractivity contribution < 1.29 is 29.2 Å². The lowest BCUT2D eigenvalue weighted by molar-refractivity contribution is -0.481. The minimum atomic E-state index is -0.435. The Morgan fingerprint density at radius 2 is 1.65 bits per heavy atom. The van der Waals surface area contributed by atoms with Crippen molar-refractivity contribution in [2.24, 2.45) is 17.0 Å². The molecule has 23 heavy (non-hydrogen) atoms. The van der Waals surface area contributed by atoms with E-state index < -0.39 is 4.92 Å². The molecule has 0 aromatic rings. The SMILES string of the molecule is CCOC(=O)C(C)CC=NO.CCOC(=O)C(C)CC[N+](=O)[O-]. The Morgan fingerprint density at radius 1 is 1.17 bits per heavy atom. The van der Waals surface area contributed by atoms with Crippen LogP contribution in [0.15, 0.2) is 5.16 Å². The van der Waals surface area contributed by atoms with Crippen LogP contribution in [0.2, 0.25) is 0 Å². The molecule has 0 aliphatic rings. The summed E-state index contributed by atoms with van der Waals surface area (Å²) in [4.78, 5) is 31.3. The number of esters is 2. The van der Waals surface area contributed by atoms with Crippen molar-refractivity contribution in [1.82, 2.24) is 0 Å². The van der Waals surface area contributed by atoms with Crippen molar-refractivity contribution in [3.63, 3.8) is 0 Å². The van der Waals surface area contributed by atoms with Crippen molar-refractivity contribution in [1.29, 1.82) is 0 Å². The fourth-order valence-corrected chi connectivity index (χ4v) is 1.29. The molecule has 9 heteroatoms. The highest BCUT2D eigenvalue weighted by Crippen LogP contribution is 2.04. The van der Waals surface area contributed by atoms with Gasteiger partial charge in [0.2, 0.25) is 6.54 Å². The monoisotopic (exact) mass is 334 g/mol. The second kappa shape index (κ2) is 14.7. The molecule has 0 amide bonds. The van der Waals surface area contributed by atoms with Gasteiger partial charge in [-0.05, 0) is 20.3 Å². The Labute approximate surface area is 135 Å². The molecule has 1 N–H and O–H groups in total. The molecular weight excluding hydrogens is 308 g/mol. The predicted octanol–water partition coefficient (Wildman–Crippen LogP) is 1.89. The standard InChI is InChI=1S/C7H13NO4.C7H13NO3/c1-3-12-7(9)6(2)4-5-8(10)11;1-3-11-7(9)6(2)4-5-8-10/h6H,3-5H2,1-2H3;5-6,10H,3-4H2,1-2H3. The van der Waals surface area contributed by atoms with Crippen LogP contribution in [0.25, 0.3) is 0 Å². The van der Waals surface area contributed by atoms with Gasteiger partial charge >= 0.3 is 11.9 Å². The highest BCUT2D eigenvalue weighted by atomic mass is 16.6. The van der Waals surface area contributed by atoms with Gasteiger partial charge in [-0.2, -0.15) is 0 Å². The van der Waals surface area contributed by atoms with E-state index in [0.29, 0.717) is 19.6 Å². The van der Waals surface area contributed by atoms with E-state index in [-0.39, 0.29) is 36.7 Å². The zero-order valence-corrected chi connectivity index (χ0v) is 14.1. The van der Waals surface area contributed by atoms with Gasteiger partial charge in [-0.1, -0.05) is 13.8 Å². The van der Waals surface area contributed by atoms with Gasteiger partial charge in [0.15, 0.2) is 0 Å². The van der Waals surface area contributed by atoms with Crippen LogP contribution in [-0.4, -0.2) is 48.0 Å². The number of carbonyl (C=O) groups is 2. The van der Waals surface area contributed by atoms with Crippen molar-refractivity contribution in [2.45, 2.75) is 40.5 Å². The molecule has 2 unspecified atom stereocenters. The zero-order valence-electron chi connectivity index (χ0n) is 14.1. The van der Waals surface area contributed by atoms with Gasteiger partial charge < -0.3 is 14.7 Å². The largest absolute Gasteiger partial charge is 0.466 e. The molecule has 0 fully saturated rings. The number of ether oxygens (including phenoxy) is 2. The molecule has 0 bridgehead atoms. The third kappa shape index (κ3) is 14.5. The first-order valence-electron chi connectivity index (χ1n) is 7.40. The minimum absolute atomic E-state index is 0.181. The van der Waals surface area contributed by atoms with Crippen LogP contribution in [0.1, 0.15) is 40.5 Å². The second-order valence-corrected chi connectivity index (χ2v) is 4.68. The highest BCUT2D eigenvalue weighted by Gasteiger charge is 2.15. The van der Waals surface area contributed by atoms with Gasteiger partial charge in [-0.3, -0.25) is 19.7 Å². The molecule has 0 saturated heterocycles. The lowest BCUT2D eigenvalue weighted by atomic mass is 10.1. The molecule has 0 heterocycles. The normalized spacial score (nSPS) is 12.7. The van der Waals surface area contributed by atoms with E-state index >= 15 is 0 Å². The summed E-state index contributed by atoms with van der Waals surface area (Å²) in [5.74, 6) is -1.23. The van der Waals surface area contributed by atoms with Crippen LogP contribution in [0.4, 0.5) is 0 Å². The molecule has 0 aliphatic carbocycles. The summed E-state index contributed by atoms with van der Waals surface area (Å²) in [6.45, 7) is 7.34. The van der Waals surface area contributed by atoms with Gasteiger partial charge in [0.05, 0.1) is 25.0 Å². The van der Waals surface area contributed by atoms with Crippen LogP contribution < -0.4 is 0 Å². The average molecular weight is 334 g/mol. The number of hydrogen-bond acceptors (Lipinski definition) is 8. The molecule has 0 saturated carbocycles. The van der Waals surface area contributed by atoms with Crippen LogP contribution in [-0.2, 0) is 19.1 Å². The molecule has 2 atom stereocenters. The van der Waals surface area contributed by atoms with Gasteiger partial charge in [0.25, 0.3) is 0 Å². The third-order valence-electron chi connectivity index (χ3n) is 2.66. The zero-order chi connectivity index (χ0) is 18.3. The maximum absolute atomic E-state index is 10.9. The average Bonchev–Trinajstić information content (AvgIpc) is 2.51. The number of nitro groups is 1. The summed E-state index contributed by atoms with van der Waals surface area (Å²) in [5.41, 5.74) is 0. The fraction of sp³-hybridized carbons (Fsp3) is 0.786. The van der Waals surface area contributed by atoms with Gasteiger partial charge in [-0.25, -0.2) is 0 Å². The van der Waals surface area contributed by atoms with Gasteiger partial charge in [0.1, 0.15) is 0 Å². The Balaban J connectivity index is 0. The highest BCUT2D eigenvalue weighted by molar-refractivity contribution is 5.75. The van der Waals surface area contributed by atoms with E-state index in [1.54, 1.807) is 27.7 Å². The Bertz CT molecular complexity index is 385. The number of nitrogens with zero attached hydrogens (tertiary/aromatic N) is 2. The van der Waals surface area contributed by atoms with Crippen LogP contribution in [0, 0.1) is 22.0 Å². The number of rotatable bonds is 9. The van der Waals surface area contributed by atoms with Crippen LogP contribution in [0.5, 0.6) is 0 Å². The number of hydrogen-bond donors (Lipinski definition) is 1. The Morgan fingerprint density at radius 3 is 2.04 bits per heavy atom. The topological polar surface area (TPSA) is 128 Å². The summed E-state index contributed by atoms with van der Waals surface area (Å²) in [6, 6.07) is 0. The maximum atomic E-state index is 10.9. The van der Waals surface area contributed by atoms with Crippen molar-refractivity contribution in [2.75, 3.05) is 19.8 Å². The molecule has 0 spiro atoms. The van der Waals surface area contributed by atoms with Crippen molar-refractivity contribution in [3.8, 4) is 0 Å². The van der Waals surface area contributed by atoms with E-state index in [1.165, 1.54) is 6.21 Å². The minimum Gasteiger partial charge on any atom is -0.466 e. The molecule has 0 aromatic heterocycles. The second-order valence-electron chi connectivity index (χ2n) is 4.68. The Kier molecular flexibility index (Phi) is 14.8. The first-order valence-corrected chi connectivity index (χ1v) is 7.40. The number of oxime groups is 1. The molecule has 134 valence electrons. The Hall–Kier alpha value is -2.19. The van der Waals surface area contributed by atoms with E-state index in [2.05, 4.69) is 9.89 Å². The molecule has 0 rings (SSSR count). The summed E-state index contributed by atoms with van der Waals surface area (Å²) in [7, 11) is 0. The van der Waals surface area contributed by atoms with E-state index in [0.717, 1.165) is 0 Å². The summed E-state index contributed by atoms with van der Waals surface area (Å²) in [6.07, 6.45) is 1.93. The lowest BCUT2D eigenvalue weighted by Gasteiger charge is -2.06. The summed E-state index contributed by atoms with van der Waals surface area (Å²) in [5, 5.41) is 20.8. The van der Waals surface area contributed by atoms with E-state index in [1.807, 2.05) is 0 Å². The molecular formula is C14H26N2O7. The first kappa shape index (κ1) is 23.1. The smallest absolute Gasteiger partial charge is 0.309 e. The fourth-order valence-electron chi connectivity index (χ4n) is 1.29. The lowest BCUT2D eigenvalue weighted by Crippen LogP contribution is -2.17. The van der Waals surface area contributed by atoms with Gasteiger partial charge in [-0.15, -0.1) is 5.16 Å². The first-order chi connectivity index (χ1) is 10.8. The third-order valence-corrected chi connectivity index (χ3v) is 2.66. The summed E-state index contributed by atoms with van der Waals surface area (Å²) >= 11 is 0. The quantitative estimate of drug-likeness (QED) is 0.224.